The normalized spacial score (nSPS) is 16.6. The van der Waals surface area contributed by atoms with Crippen LogP contribution in [0.4, 0.5) is 0 Å². The van der Waals surface area contributed by atoms with E-state index in [2.05, 4.69) is 0 Å². The van der Waals surface area contributed by atoms with E-state index in [1.165, 1.54) is 16.6 Å². The van der Waals surface area contributed by atoms with Crippen LogP contribution in [0.15, 0.2) is 35.4 Å². The zero-order valence-corrected chi connectivity index (χ0v) is 18.2. The third-order valence-corrected chi connectivity index (χ3v) is 7.44. The van der Waals surface area contributed by atoms with Crippen molar-refractivity contribution in [2.45, 2.75) is 31.2 Å². The molecule has 1 saturated heterocycles. The lowest BCUT2D eigenvalue weighted by atomic mass is 10.1. The first-order chi connectivity index (χ1) is 14.4. The summed E-state index contributed by atoms with van der Waals surface area (Å²) in [5, 5.41) is 0. The van der Waals surface area contributed by atoms with Crippen LogP contribution in [-0.4, -0.2) is 60.9 Å². The number of aryl methyl sites for hydroxylation is 1. The van der Waals surface area contributed by atoms with Gasteiger partial charge in [0.2, 0.25) is 10.0 Å². The second-order valence-corrected chi connectivity index (χ2v) is 9.48. The van der Waals surface area contributed by atoms with Crippen molar-refractivity contribution < 1.29 is 22.7 Å². The predicted octanol–water partition coefficient (Wildman–Crippen LogP) is 2.24. The van der Waals surface area contributed by atoms with Crippen molar-refractivity contribution in [3.63, 3.8) is 0 Å². The Balaban J connectivity index is 1.58. The van der Waals surface area contributed by atoms with Crippen LogP contribution in [0.1, 0.15) is 35.8 Å². The molecule has 162 valence electrons. The highest BCUT2D eigenvalue weighted by atomic mass is 32.2. The van der Waals surface area contributed by atoms with Gasteiger partial charge < -0.3 is 18.9 Å². The molecular weight excluding hydrogens is 406 g/mol. The summed E-state index contributed by atoms with van der Waals surface area (Å²) >= 11 is 0. The molecule has 0 N–H and O–H groups in total. The van der Waals surface area contributed by atoms with Gasteiger partial charge in [-0.3, -0.25) is 4.79 Å². The van der Waals surface area contributed by atoms with Crippen molar-refractivity contribution in [3.8, 4) is 11.5 Å². The first-order valence-electron chi connectivity index (χ1n) is 10.2. The van der Waals surface area contributed by atoms with Crippen molar-refractivity contribution >= 4 is 15.9 Å². The maximum atomic E-state index is 13.3. The Morgan fingerprint density at radius 1 is 1.17 bits per heavy atom. The molecular formula is C21H27N3O5S. The molecule has 1 amide bonds. The molecule has 2 aliphatic heterocycles. The average Bonchev–Trinajstić information content (AvgIpc) is 3.42. The van der Waals surface area contributed by atoms with E-state index in [9.17, 15) is 13.2 Å². The van der Waals surface area contributed by atoms with Gasteiger partial charge in [0.1, 0.15) is 23.8 Å². The van der Waals surface area contributed by atoms with Crippen molar-refractivity contribution in [2.24, 2.45) is 7.05 Å². The molecule has 9 heteroatoms. The minimum Gasteiger partial charge on any atom is -0.486 e. The van der Waals surface area contributed by atoms with Gasteiger partial charge in [0.25, 0.3) is 5.91 Å². The van der Waals surface area contributed by atoms with E-state index in [4.69, 9.17) is 9.47 Å². The first-order valence-corrected chi connectivity index (χ1v) is 11.7. The Labute approximate surface area is 177 Å². The van der Waals surface area contributed by atoms with E-state index in [0.29, 0.717) is 56.6 Å². The highest BCUT2D eigenvalue weighted by molar-refractivity contribution is 7.89. The van der Waals surface area contributed by atoms with Gasteiger partial charge in [-0.05, 0) is 31.9 Å². The van der Waals surface area contributed by atoms with E-state index in [1.54, 1.807) is 16.5 Å². The molecule has 2 aliphatic rings. The topological polar surface area (TPSA) is 81.1 Å². The fourth-order valence-corrected chi connectivity index (χ4v) is 5.51. The summed E-state index contributed by atoms with van der Waals surface area (Å²) in [7, 11) is -1.87. The molecule has 3 heterocycles. The molecule has 2 aromatic rings. The lowest BCUT2D eigenvalue weighted by molar-refractivity contribution is 0.0739. The van der Waals surface area contributed by atoms with Gasteiger partial charge in [0, 0.05) is 45.0 Å². The number of nitrogens with zero attached hydrogens (tertiary/aromatic N) is 3. The van der Waals surface area contributed by atoms with Crippen molar-refractivity contribution in [2.75, 3.05) is 32.8 Å². The maximum absolute atomic E-state index is 13.3. The maximum Gasteiger partial charge on any atom is 0.270 e. The second-order valence-electron chi connectivity index (χ2n) is 7.54. The summed E-state index contributed by atoms with van der Waals surface area (Å²) in [6.07, 6.45) is 3.26. The molecule has 0 spiro atoms. The van der Waals surface area contributed by atoms with Crippen molar-refractivity contribution in [1.29, 1.82) is 0 Å². The number of sulfonamides is 1. The summed E-state index contributed by atoms with van der Waals surface area (Å²) in [5.41, 5.74) is 1.21. The van der Waals surface area contributed by atoms with Gasteiger partial charge in [-0.2, -0.15) is 4.31 Å². The number of hydrogen-bond donors (Lipinski definition) is 0. The Hall–Kier alpha value is -2.52. The standard InChI is InChI=1S/C21H27N3O5S/c1-3-23(14-16-7-6-8-19-20(16)29-12-11-28-19)21(25)18-13-17(15-22(18)2)30(26,27)24-9-4-5-10-24/h6-8,13,15H,3-5,9-12,14H2,1-2H3. The molecule has 0 radical (unpaired) electrons. The SMILES string of the molecule is CCN(Cc1cccc2c1OCCO2)C(=O)c1cc(S(=O)(=O)N2CCCC2)cn1C. The first kappa shape index (κ1) is 20.7. The van der Waals surface area contributed by atoms with Gasteiger partial charge in [-0.1, -0.05) is 12.1 Å². The monoisotopic (exact) mass is 433 g/mol. The van der Waals surface area contributed by atoms with Gasteiger partial charge in [0.05, 0.1) is 0 Å². The Morgan fingerprint density at radius 2 is 1.90 bits per heavy atom. The Bertz CT molecular complexity index is 1040. The molecule has 0 aliphatic carbocycles. The fraction of sp³-hybridized carbons (Fsp3) is 0.476. The summed E-state index contributed by atoms with van der Waals surface area (Å²) in [5.74, 6) is 1.12. The molecule has 0 atom stereocenters. The van der Waals surface area contributed by atoms with Crippen LogP contribution in [0.3, 0.4) is 0 Å². The average molecular weight is 434 g/mol. The number of carbonyl (C=O) groups is 1. The molecule has 8 nitrogen and oxygen atoms in total. The summed E-state index contributed by atoms with van der Waals surface area (Å²) in [6, 6.07) is 7.13. The van der Waals surface area contributed by atoms with Crippen LogP contribution in [0, 0.1) is 0 Å². The van der Waals surface area contributed by atoms with Crippen LogP contribution < -0.4 is 9.47 Å². The van der Waals surface area contributed by atoms with Gasteiger partial charge >= 0.3 is 0 Å². The van der Waals surface area contributed by atoms with Gasteiger partial charge in [-0.15, -0.1) is 0 Å². The van der Waals surface area contributed by atoms with Crippen molar-refractivity contribution in [1.82, 2.24) is 13.8 Å². The summed E-state index contributed by atoms with van der Waals surface area (Å²) in [4.78, 5) is 15.1. The van der Waals surface area contributed by atoms with Crippen LogP contribution >= 0.6 is 0 Å². The molecule has 0 bridgehead atoms. The zero-order valence-electron chi connectivity index (χ0n) is 17.3. The minimum atomic E-state index is -3.57. The van der Waals surface area contributed by atoms with E-state index in [1.807, 2.05) is 25.1 Å². The van der Waals surface area contributed by atoms with E-state index in [-0.39, 0.29) is 10.8 Å². The minimum absolute atomic E-state index is 0.167. The number of fused-ring (bicyclic) bond motifs is 1. The smallest absolute Gasteiger partial charge is 0.270 e. The molecule has 1 fully saturated rings. The number of rotatable bonds is 6. The fourth-order valence-electron chi connectivity index (χ4n) is 3.92. The number of carbonyl (C=O) groups excluding carboxylic acids is 1. The number of ether oxygens (including phenoxy) is 2. The summed E-state index contributed by atoms with van der Waals surface area (Å²) in [6.45, 7) is 4.76. The number of benzene rings is 1. The molecule has 30 heavy (non-hydrogen) atoms. The van der Waals surface area contributed by atoms with Crippen LogP contribution in [-0.2, 0) is 23.6 Å². The third-order valence-electron chi connectivity index (χ3n) is 5.58. The van der Waals surface area contributed by atoms with Crippen molar-refractivity contribution in [3.05, 3.63) is 41.7 Å². The summed E-state index contributed by atoms with van der Waals surface area (Å²) < 4.78 is 40.2. The van der Waals surface area contributed by atoms with Crippen LogP contribution in [0.5, 0.6) is 11.5 Å². The molecule has 1 aromatic heterocycles. The highest BCUT2D eigenvalue weighted by Crippen LogP contribution is 2.34. The number of amides is 1. The zero-order chi connectivity index (χ0) is 21.3. The molecule has 0 unspecified atom stereocenters. The van der Waals surface area contributed by atoms with Crippen LogP contribution in [0.25, 0.3) is 0 Å². The van der Waals surface area contributed by atoms with Gasteiger partial charge in [-0.25, -0.2) is 8.42 Å². The van der Waals surface area contributed by atoms with Gasteiger partial charge in [0.15, 0.2) is 11.5 Å². The quantitative estimate of drug-likeness (QED) is 0.698. The molecule has 0 saturated carbocycles. The Kier molecular flexibility index (Phi) is 5.75. The second kappa shape index (κ2) is 8.31. The Morgan fingerprint density at radius 3 is 2.63 bits per heavy atom. The van der Waals surface area contributed by atoms with E-state index < -0.39 is 10.0 Å². The lowest BCUT2D eigenvalue weighted by Crippen LogP contribution is -2.32. The highest BCUT2D eigenvalue weighted by Gasteiger charge is 2.30. The molecule has 1 aromatic carbocycles. The van der Waals surface area contributed by atoms with E-state index in [0.717, 1.165) is 18.4 Å². The number of para-hydroxylation sites is 1. The predicted molar refractivity (Wildman–Crippen MR) is 111 cm³/mol. The van der Waals surface area contributed by atoms with Crippen LogP contribution in [0.2, 0.25) is 0 Å². The number of hydrogen-bond acceptors (Lipinski definition) is 5. The number of aromatic nitrogens is 1. The van der Waals surface area contributed by atoms with E-state index >= 15 is 0 Å². The molecule has 4 rings (SSSR count). The largest absolute Gasteiger partial charge is 0.486 e. The lowest BCUT2D eigenvalue weighted by Gasteiger charge is -2.25. The third kappa shape index (κ3) is 3.79.